The first-order valence-corrected chi connectivity index (χ1v) is 11.8. The molecule has 0 saturated heterocycles. The molecule has 9 heteroatoms. The predicted molar refractivity (Wildman–Crippen MR) is 131 cm³/mol. The molecule has 192 valence electrons. The third-order valence-electron chi connectivity index (χ3n) is 5.04. The summed E-state index contributed by atoms with van der Waals surface area (Å²) in [6.45, 7) is 7.51. The standard InChI is InChI=1S/C24H26ClF3N2O3.C2H6/c1-15(2)22(23(33)29-18(14-31)12-16-6-4-3-5-7-16)30-21(32)11-9-17-8-10-19(20(25)13-17)24(26,27)28;1-2/h3-8,10,13-15,18,22H,9,11-12H2,1-2H3,(H,29,33)(H,30,32);1-2H3. The molecule has 2 N–H and O–H groups in total. The van der Waals surface area contributed by atoms with Gasteiger partial charge in [-0.3, -0.25) is 9.59 Å². The lowest BCUT2D eigenvalue weighted by molar-refractivity contribution is -0.137. The molecule has 2 aromatic carbocycles. The van der Waals surface area contributed by atoms with E-state index in [1.54, 1.807) is 13.8 Å². The highest BCUT2D eigenvalue weighted by Crippen LogP contribution is 2.35. The summed E-state index contributed by atoms with van der Waals surface area (Å²) in [5, 5.41) is 4.88. The molecule has 0 saturated carbocycles. The van der Waals surface area contributed by atoms with Gasteiger partial charge in [0.05, 0.1) is 16.6 Å². The van der Waals surface area contributed by atoms with Gasteiger partial charge in [0.2, 0.25) is 11.8 Å². The van der Waals surface area contributed by atoms with E-state index in [-0.39, 0.29) is 18.8 Å². The van der Waals surface area contributed by atoms with Crippen molar-refractivity contribution < 1.29 is 27.6 Å². The van der Waals surface area contributed by atoms with E-state index in [1.807, 2.05) is 44.2 Å². The van der Waals surface area contributed by atoms with E-state index in [0.717, 1.165) is 11.6 Å². The highest BCUT2D eigenvalue weighted by molar-refractivity contribution is 6.31. The lowest BCUT2D eigenvalue weighted by atomic mass is 10.0. The zero-order valence-electron chi connectivity index (χ0n) is 20.3. The summed E-state index contributed by atoms with van der Waals surface area (Å²) < 4.78 is 38.5. The second-order valence-electron chi connectivity index (χ2n) is 8.04. The molecule has 35 heavy (non-hydrogen) atoms. The van der Waals surface area contributed by atoms with Crippen molar-refractivity contribution in [2.24, 2.45) is 5.92 Å². The molecule has 2 atom stereocenters. The molecule has 0 spiro atoms. The van der Waals surface area contributed by atoms with Gasteiger partial charge in [0.25, 0.3) is 0 Å². The fraction of sp³-hybridized carbons (Fsp3) is 0.423. The third kappa shape index (κ3) is 10.1. The van der Waals surface area contributed by atoms with Crippen LogP contribution in [-0.4, -0.2) is 30.2 Å². The average Bonchev–Trinajstić information content (AvgIpc) is 2.81. The minimum Gasteiger partial charge on any atom is -0.344 e. The van der Waals surface area contributed by atoms with Crippen LogP contribution < -0.4 is 10.6 Å². The SMILES string of the molecule is CC.CC(C)C(NC(=O)CCc1ccc(C(F)(F)F)c(Cl)c1)C(=O)NC(C=O)Cc1ccccc1. The van der Waals surface area contributed by atoms with Gasteiger partial charge < -0.3 is 15.4 Å². The van der Waals surface area contributed by atoms with Crippen LogP contribution in [0.3, 0.4) is 0 Å². The number of hydrogen-bond acceptors (Lipinski definition) is 3. The highest BCUT2D eigenvalue weighted by Gasteiger charge is 2.33. The molecular formula is C26H32ClF3N2O3. The third-order valence-corrected chi connectivity index (χ3v) is 5.35. The van der Waals surface area contributed by atoms with Crippen LogP contribution in [0.25, 0.3) is 0 Å². The smallest absolute Gasteiger partial charge is 0.344 e. The lowest BCUT2D eigenvalue weighted by Gasteiger charge is -2.23. The monoisotopic (exact) mass is 512 g/mol. The molecule has 2 unspecified atom stereocenters. The Hall–Kier alpha value is -2.87. The number of aryl methyl sites for hydroxylation is 1. The van der Waals surface area contributed by atoms with Crippen molar-refractivity contribution >= 4 is 29.7 Å². The average molecular weight is 513 g/mol. The minimum atomic E-state index is -4.55. The first-order chi connectivity index (χ1) is 16.5. The molecule has 0 aliphatic rings. The van der Waals surface area contributed by atoms with Gasteiger partial charge in [-0.05, 0) is 42.0 Å². The number of carbonyl (C=O) groups excluding carboxylic acids is 3. The van der Waals surface area contributed by atoms with Gasteiger partial charge in [0, 0.05) is 6.42 Å². The van der Waals surface area contributed by atoms with Crippen molar-refractivity contribution in [1.82, 2.24) is 10.6 Å². The van der Waals surface area contributed by atoms with E-state index in [4.69, 9.17) is 11.6 Å². The fourth-order valence-corrected chi connectivity index (χ4v) is 3.57. The van der Waals surface area contributed by atoms with Gasteiger partial charge in [-0.1, -0.05) is 75.7 Å². The molecule has 0 bridgehead atoms. The summed E-state index contributed by atoms with van der Waals surface area (Å²) in [7, 11) is 0. The minimum absolute atomic E-state index is 0.0423. The van der Waals surface area contributed by atoms with Crippen molar-refractivity contribution in [3.05, 3.63) is 70.2 Å². The number of halogens is 4. The molecule has 5 nitrogen and oxygen atoms in total. The van der Waals surface area contributed by atoms with Crippen molar-refractivity contribution in [1.29, 1.82) is 0 Å². The van der Waals surface area contributed by atoms with Crippen molar-refractivity contribution in [3.63, 3.8) is 0 Å². The Balaban J connectivity index is 0.00000298. The Morgan fingerprint density at radius 3 is 2.14 bits per heavy atom. The molecule has 0 aliphatic carbocycles. The maximum Gasteiger partial charge on any atom is 0.417 e. The lowest BCUT2D eigenvalue weighted by Crippen LogP contribution is -2.52. The molecule has 0 heterocycles. The van der Waals surface area contributed by atoms with Gasteiger partial charge in [-0.25, -0.2) is 0 Å². The number of aldehydes is 1. The van der Waals surface area contributed by atoms with Gasteiger partial charge >= 0.3 is 6.18 Å². The number of rotatable bonds is 10. The van der Waals surface area contributed by atoms with Crippen LogP contribution in [0, 0.1) is 5.92 Å². The summed E-state index contributed by atoms with van der Waals surface area (Å²) >= 11 is 5.71. The number of benzene rings is 2. The first kappa shape index (κ1) is 30.2. The molecule has 2 amide bonds. The van der Waals surface area contributed by atoms with E-state index in [2.05, 4.69) is 10.6 Å². The van der Waals surface area contributed by atoms with Crippen molar-refractivity contribution in [3.8, 4) is 0 Å². The van der Waals surface area contributed by atoms with Crippen LogP contribution >= 0.6 is 11.6 Å². The predicted octanol–water partition coefficient (Wildman–Crippen LogP) is 5.38. The summed E-state index contributed by atoms with van der Waals surface area (Å²) in [4.78, 5) is 36.6. The Morgan fingerprint density at radius 2 is 1.63 bits per heavy atom. The number of nitrogens with one attached hydrogen (secondary N) is 2. The second kappa shape index (κ2) is 14.5. The van der Waals surface area contributed by atoms with E-state index in [1.165, 1.54) is 12.1 Å². The van der Waals surface area contributed by atoms with Crippen LogP contribution in [0.15, 0.2) is 48.5 Å². The molecule has 2 aromatic rings. The van der Waals surface area contributed by atoms with Crippen LogP contribution in [0.5, 0.6) is 0 Å². The zero-order chi connectivity index (χ0) is 26.6. The Kier molecular flexibility index (Phi) is 12.5. The topological polar surface area (TPSA) is 75.3 Å². The molecule has 0 radical (unpaired) electrons. The van der Waals surface area contributed by atoms with Crippen LogP contribution in [0.1, 0.15) is 50.8 Å². The summed E-state index contributed by atoms with van der Waals surface area (Å²) in [5.74, 6) is -1.17. The van der Waals surface area contributed by atoms with E-state index in [0.29, 0.717) is 18.3 Å². The number of alkyl halides is 3. The highest BCUT2D eigenvalue weighted by atomic mass is 35.5. The summed E-state index contributed by atoms with van der Waals surface area (Å²) in [6.07, 6.45) is -3.47. The van der Waals surface area contributed by atoms with E-state index >= 15 is 0 Å². The van der Waals surface area contributed by atoms with Gasteiger partial charge in [-0.15, -0.1) is 0 Å². The quantitative estimate of drug-likeness (QED) is 0.419. The zero-order valence-corrected chi connectivity index (χ0v) is 21.0. The Labute approximate surface area is 209 Å². The summed E-state index contributed by atoms with van der Waals surface area (Å²) in [5.41, 5.74) is 0.418. The molecule has 0 aliphatic heterocycles. The molecular weight excluding hydrogens is 481 g/mol. The normalized spacial score (nSPS) is 12.7. The Bertz CT molecular complexity index is 966. The maximum atomic E-state index is 12.8. The first-order valence-electron chi connectivity index (χ1n) is 11.5. The van der Waals surface area contributed by atoms with Crippen LogP contribution in [-0.2, 0) is 33.4 Å². The van der Waals surface area contributed by atoms with E-state index in [9.17, 15) is 27.6 Å². The number of carbonyl (C=O) groups is 3. The van der Waals surface area contributed by atoms with Gasteiger partial charge in [0.1, 0.15) is 12.3 Å². The molecule has 0 fully saturated rings. The van der Waals surface area contributed by atoms with Crippen LogP contribution in [0.2, 0.25) is 5.02 Å². The van der Waals surface area contributed by atoms with Crippen molar-refractivity contribution in [2.75, 3.05) is 0 Å². The number of hydrogen-bond donors (Lipinski definition) is 2. The molecule has 0 aromatic heterocycles. The number of amides is 2. The van der Waals surface area contributed by atoms with Gasteiger partial charge in [0.15, 0.2) is 0 Å². The summed E-state index contributed by atoms with van der Waals surface area (Å²) in [6, 6.07) is 10.9. The second-order valence-corrected chi connectivity index (χ2v) is 8.45. The fourth-order valence-electron chi connectivity index (χ4n) is 3.26. The maximum absolute atomic E-state index is 12.8. The molecule has 2 rings (SSSR count). The van der Waals surface area contributed by atoms with Crippen molar-refractivity contribution in [2.45, 2.75) is 65.2 Å². The largest absolute Gasteiger partial charge is 0.417 e. The van der Waals surface area contributed by atoms with Gasteiger partial charge in [-0.2, -0.15) is 13.2 Å². The van der Waals surface area contributed by atoms with Crippen LogP contribution in [0.4, 0.5) is 13.2 Å². The Morgan fingerprint density at radius 1 is 1.00 bits per heavy atom. The van der Waals surface area contributed by atoms with E-state index < -0.39 is 40.7 Å².